The number of anilines is 1. The second-order valence-corrected chi connectivity index (χ2v) is 6.23. The summed E-state index contributed by atoms with van der Waals surface area (Å²) < 4.78 is 1.62. The number of nitrogens with two attached hydrogens (primary N) is 1. The molecule has 22 heavy (non-hydrogen) atoms. The minimum atomic E-state index is -1.15. The van der Waals surface area contributed by atoms with Crippen LogP contribution in [0.4, 0.5) is 5.82 Å². The highest BCUT2D eigenvalue weighted by Gasteiger charge is 2.53. The lowest BCUT2D eigenvalue weighted by Crippen LogP contribution is -2.37. The van der Waals surface area contributed by atoms with Crippen molar-refractivity contribution in [3.05, 3.63) is 29.7 Å². The Morgan fingerprint density at radius 1 is 1.45 bits per heavy atom. The lowest BCUT2D eigenvalue weighted by atomic mass is 9.84. The van der Waals surface area contributed by atoms with Crippen molar-refractivity contribution in [1.82, 2.24) is 14.5 Å². The maximum absolute atomic E-state index is 10.4. The fraction of sp³-hybridized carbons (Fsp3) is 0.429. The van der Waals surface area contributed by atoms with Gasteiger partial charge < -0.3 is 25.6 Å². The highest BCUT2D eigenvalue weighted by molar-refractivity contribution is 6.36. The van der Waals surface area contributed by atoms with Gasteiger partial charge in [-0.05, 0) is 5.57 Å². The molecular weight excluding hydrogens is 308 g/mol. The number of rotatable bonds is 2. The van der Waals surface area contributed by atoms with Gasteiger partial charge in [0.2, 0.25) is 0 Å². The van der Waals surface area contributed by atoms with Crippen molar-refractivity contribution in [1.29, 1.82) is 0 Å². The number of hydrogen-bond donors (Lipinski definition) is 4. The van der Waals surface area contributed by atoms with Crippen molar-refractivity contribution in [3.8, 4) is 0 Å². The number of nitrogens with zero attached hydrogens (tertiary/aromatic N) is 3. The maximum atomic E-state index is 10.4. The Morgan fingerprint density at radius 3 is 2.73 bits per heavy atom. The van der Waals surface area contributed by atoms with Crippen molar-refractivity contribution >= 4 is 28.5 Å². The normalized spacial score (nSPS) is 32.0. The van der Waals surface area contributed by atoms with Crippen LogP contribution in [0.1, 0.15) is 13.0 Å². The Hall–Kier alpha value is -1.67. The van der Waals surface area contributed by atoms with Gasteiger partial charge in [0.05, 0.1) is 29.2 Å². The van der Waals surface area contributed by atoms with E-state index in [4.69, 9.17) is 17.3 Å². The summed E-state index contributed by atoms with van der Waals surface area (Å²) in [7, 11) is 0. The molecule has 0 aromatic carbocycles. The molecule has 0 radical (unpaired) electrons. The van der Waals surface area contributed by atoms with E-state index in [0.717, 1.165) is 0 Å². The van der Waals surface area contributed by atoms with Gasteiger partial charge in [-0.1, -0.05) is 25.1 Å². The third-order valence-electron chi connectivity index (χ3n) is 4.61. The zero-order chi connectivity index (χ0) is 16.2. The predicted octanol–water partition coefficient (Wildman–Crippen LogP) is 0.498. The predicted molar refractivity (Wildman–Crippen MR) is 82.3 cm³/mol. The Balaban J connectivity index is 2.21. The zero-order valence-electron chi connectivity index (χ0n) is 11.9. The molecule has 0 aliphatic heterocycles. The minimum absolute atomic E-state index is 0.234. The molecule has 8 heteroatoms. The summed E-state index contributed by atoms with van der Waals surface area (Å²) >= 11 is 6.19. The van der Waals surface area contributed by atoms with Crippen LogP contribution in [0.25, 0.3) is 11.0 Å². The summed E-state index contributed by atoms with van der Waals surface area (Å²) in [5.41, 5.74) is 5.76. The first-order valence-electron chi connectivity index (χ1n) is 6.75. The Morgan fingerprint density at radius 2 is 2.14 bits per heavy atom. The van der Waals surface area contributed by atoms with Gasteiger partial charge in [0.1, 0.15) is 23.9 Å². The molecule has 2 aromatic heterocycles. The monoisotopic (exact) mass is 324 g/mol. The number of hydrogen-bond acceptors (Lipinski definition) is 6. The lowest BCUT2D eigenvalue weighted by molar-refractivity contribution is -0.0358. The average Bonchev–Trinajstić information content (AvgIpc) is 2.90. The van der Waals surface area contributed by atoms with Crippen LogP contribution in [0.2, 0.25) is 5.02 Å². The van der Waals surface area contributed by atoms with E-state index >= 15 is 0 Å². The molecular formula is C14H17ClN4O3. The van der Waals surface area contributed by atoms with Crippen LogP contribution in [0.3, 0.4) is 0 Å². The summed E-state index contributed by atoms with van der Waals surface area (Å²) in [6.45, 7) is 5.28. The van der Waals surface area contributed by atoms with Gasteiger partial charge >= 0.3 is 0 Å². The highest BCUT2D eigenvalue weighted by Crippen LogP contribution is 2.49. The molecule has 3 rings (SSSR count). The zero-order valence-corrected chi connectivity index (χ0v) is 12.7. The molecule has 0 spiro atoms. The van der Waals surface area contributed by atoms with E-state index in [1.165, 1.54) is 6.33 Å². The summed E-state index contributed by atoms with van der Waals surface area (Å²) in [6.07, 6.45) is 0.584. The van der Waals surface area contributed by atoms with Crippen molar-refractivity contribution in [2.24, 2.45) is 5.41 Å². The number of nitrogen functional groups attached to an aromatic ring is 1. The first-order valence-corrected chi connectivity index (χ1v) is 7.13. The number of fused-ring (bicyclic) bond motifs is 1. The van der Waals surface area contributed by atoms with Gasteiger partial charge in [0.15, 0.2) is 0 Å². The van der Waals surface area contributed by atoms with Crippen LogP contribution in [-0.4, -0.2) is 48.7 Å². The summed E-state index contributed by atoms with van der Waals surface area (Å²) in [6, 6.07) is -0.670. The summed E-state index contributed by atoms with van der Waals surface area (Å²) in [5.74, 6) is 0.234. The van der Waals surface area contributed by atoms with Crippen molar-refractivity contribution in [2.45, 2.75) is 25.2 Å². The SMILES string of the molecule is C=C1[C@@H](n2cc(Cl)c3c(N)ncnc32)[C@H](O)[C@H](O)[C@@]1(C)CO. The lowest BCUT2D eigenvalue weighted by Gasteiger charge is -2.27. The van der Waals surface area contributed by atoms with Crippen LogP contribution in [-0.2, 0) is 0 Å². The van der Waals surface area contributed by atoms with Gasteiger partial charge in [-0.15, -0.1) is 0 Å². The molecule has 2 heterocycles. The van der Waals surface area contributed by atoms with Crippen LogP contribution in [0, 0.1) is 5.41 Å². The Kier molecular flexibility index (Phi) is 3.41. The molecule has 7 nitrogen and oxygen atoms in total. The fourth-order valence-electron chi connectivity index (χ4n) is 3.09. The molecule has 0 amide bonds. The van der Waals surface area contributed by atoms with Crippen LogP contribution >= 0.6 is 11.6 Å². The van der Waals surface area contributed by atoms with Gasteiger partial charge in [0, 0.05) is 11.6 Å². The quantitative estimate of drug-likeness (QED) is 0.597. The fourth-order valence-corrected chi connectivity index (χ4v) is 3.37. The molecule has 0 bridgehead atoms. The Labute approximate surface area is 131 Å². The first kappa shape index (κ1) is 15.2. The Bertz CT molecular complexity index is 762. The molecule has 0 unspecified atom stereocenters. The van der Waals surface area contributed by atoms with E-state index in [9.17, 15) is 15.3 Å². The largest absolute Gasteiger partial charge is 0.395 e. The second kappa shape index (κ2) is 4.92. The molecule has 118 valence electrons. The summed E-state index contributed by atoms with van der Waals surface area (Å²) in [4.78, 5) is 8.07. The second-order valence-electron chi connectivity index (χ2n) is 5.82. The van der Waals surface area contributed by atoms with Gasteiger partial charge in [0.25, 0.3) is 0 Å². The van der Waals surface area contributed by atoms with Gasteiger partial charge in [-0.3, -0.25) is 0 Å². The van der Waals surface area contributed by atoms with Gasteiger partial charge in [-0.2, -0.15) is 0 Å². The molecule has 4 atom stereocenters. The van der Waals surface area contributed by atoms with Crippen molar-refractivity contribution in [3.63, 3.8) is 0 Å². The van der Waals surface area contributed by atoms with Gasteiger partial charge in [-0.25, -0.2) is 9.97 Å². The topological polar surface area (TPSA) is 117 Å². The number of aromatic nitrogens is 3. The third kappa shape index (κ3) is 1.80. The minimum Gasteiger partial charge on any atom is -0.395 e. The average molecular weight is 325 g/mol. The van der Waals surface area contributed by atoms with E-state index in [0.29, 0.717) is 21.6 Å². The third-order valence-corrected chi connectivity index (χ3v) is 4.90. The molecule has 1 aliphatic carbocycles. The highest BCUT2D eigenvalue weighted by atomic mass is 35.5. The van der Waals surface area contributed by atoms with Crippen molar-refractivity contribution < 1.29 is 15.3 Å². The first-order chi connectivity index (χ1) is 10.3. The van der Waals surface area contributed by atoms with Crippen LogP contribution < -0.4 is 5.73 Å². The van der Waals surface area contributed by atoms with Crippen LogP contribution in [0.5, 0.6) is 0 Å². The van der Waals surface area contributed by atoms with E-state index in [-0.39, 0.29) is 12.4 Å². The molecule has 1 aliphatic rings. The van der Waals surface area contributed by atoms with Crippen LogP contribution in [0.15, 0.2) is 24.7 Å². The van der Waals surface area contributed by atoms with E-state index < -0.39 is 23.7 Å². The van der Waals surface area contributed by atoms with E-state index in [1.807, 2.05) is 0 Å². The number of aliphatic hydroxyl groups is 3. The standard InChI is InChI=1S/C14H17ClN4O3/c1-6-9(10(21)11(22)14(6,2)4-20)19-3-7(15)8-12(16)17-5-18-13(8)19/h3,5,9-11,20-22H,1,4H2,2H3,(H2,16,17,18)/t9-,10+,11+,14+/m1/s1. The van der Waals surface area contributed by atoms with Crippen molar-refractivity contribution in [2.75, 3.05) is 12.3 Å². The summed E-state index contributed by atoms with van der Waals surface area (Å²) in [5, 5.41) is 31.1. The maximum Gasteiger partial charge on any atom is 0.147 e. The van der Waals surface area contributed by atoms with E-state index in [2.05, 4.69) is 16.5 Å². The molecule has 0 saturated heterocycles. The molecule has 5 N–H and O–H groups in total. The number of halogens is 1. The van der Waals surface area contributed by atoms with E-state index in [1.54, 1.807) is 17.7 Å². The molecule has 1 saturated carbocycles. The number of aliphatic hydroxyl groups excluding tert-OH is 3. The molecule has 2 aromatic rings. The smallest absolute Gasteiger partial charge is 0.147 e. The molecule has 1 fully saturated rings.